The minimum Gasteiger partial charge on any atom is -0.440 e. The van der Waals surface area contributed by atoms with Crippen molar-refractivity contribution < 1.29 is 13.6 Å². The van der Waals surface area contributed by atoms with Crippen LogP contribution in [0.1, 0.15) is 40.6 Å². The Morgan fingerprint density at radius 2 is 1.67 bits per heavy atom. The van der Waals surface area contributed by atoms with E-state index in [1.54, 1.807) is 6.07 Å². The number of benzene rings is 3. The Labute approximate surface area is 212 Å². The van der Waals surface area contributed by atoms with E-state index in [-0.39, 0.29) is 11.8 Å². The highest BCUT2D eigenvalue weighted by atomic mass is 35.5. The van der Waals surface area contributed by atoms with Gasteiger partial charge in [0.15, 0.2) is 11.5 Å². The highest BCUT2D eigenvalue weighted by Gasteiger charge is 2.27. The number of nitrogens with zero attached hydrogens (tertiary/aromatic N) is 4. The first-order valence-corrected chi connectivity index (χ1v) is 12.3. The maximum atomic E-state index is 13.1. The summed E-state index contributed by atoms with van der Waals surface area (Å²) in [4.78, 5) is 19.6. The first-order chi connectivity index (χ1) is 17.5. The van der Waals surface area contributed by atoms with Gasteiger partial charge >= 0.3 is 0 Å². The fourth-order valence-electron chi connectivity index (χ4n) is 4.60. The molecule has 0 radical (unpaired) electrons. The van der Waals surface area contributed by atoms with Crippen molar-refractivity contribution in [1.82, 2.24) is 20.1 Å². The molecule has 5 aromatic rings. The fourth-order valence-corrected chi connectivity index (χ4v) is 4.76. The van der Waals surface area contributed by atoms with Crippen LogP contribution in [-0.4, -0.2) is 39.1 Å². The van der Waals surface area contributed by atoms with Crippen molar-refractivity contribution in [2.75, 3.05) is 13.1 Å². The van der Waals surface area contributed by atoms with Crippen LogP contribution in [0.5, 0.6) is 0 Å². The molecule has 8 heteroatoms. The minimum absolute atomic E-state index is 0.00956. The predicted molar refractivity (Wildman–Crippen MR) is 137 cm³/mol. The number of aromatic nitrogens is 3. The molecule has 180 valence electrons. The zero-order valence-electron chi connectivity index (χ0n) is 19.6. The Bertz CT molecular complexity index is 1550. The third-order valence-corrected chi connectivity index (χ3v) is 6.80. The molecule has 0 aliphatic carbocycles. The standard InChI is InChI=1S/C28H23ClN4O3/c1-17-3-2-4-21(15-17)27-32-31-26(36-27)18-5-7-20(8-6-18)28(34)33-13-11-19(12-14-33)25-30-23-16-22(29)9-10-24(23)35-25/h2-10,15-16,19H,11-14H2,1H3. The molecule has 3 heterocycles. The molecule has 1 saturated heterocycles. The number of carbonyl (C=O) groups excluding carboxylic acids is 1. The van der Waals surface area contributed by atoms with Gasteiger partial charge in [-0.2, -0.15) is 0 Å². The molecule has 1 fully saturated rings. The summed E-state index contributed by atoms with van der Waals surface area (Å²) in [6, 6.07) is 20.7. The molecular weight excluding hydrogens is 476 g/mol. The van der Waals surface area contributed by atoms with Gasteiger partial charge in [-0.3, -0.25) is 4.79 Å². The molecule has 2 aromatic heterocycles. The molecule has 0 unspecified atom stereocenters. The molecule has 3 aromatic carbocycles. The summed E-state index contributed by atoms with van der Waals surface area (Å²) in [6.07, 6.45) is 1.60. The third kappa shape index (κ3) is 4.38. The zero-order chi connectivity index (χ0) is 24.6. The van der Waals surface area contributed by atoms with Gasteiger partial charge in [-0.15, -0.1) is 10.2 Å². The second kappa shape index (κ2) is 9.24. The molecule has 1 aliphatic rings. The Hall–Kier alpha value is -3.97. The maximum absolute atomic E-state index is 13.1. The van der Waals surface area contributed by atoms with E-state index in [1.807, 2.05) is 72.5 Å². The molecule has 0 bridgehead atoms. The Balaban J connectivity index is 1.11. The van der Waals surface area contributed by atoms with Gasteiger partial charge in [0, 0.05) is 40.7 Å². The van der Waals surface area contributed by atoms with E-state index in [2.05, 4.69) is 15.2 Å². The highest BCUT2D eigenvalue weighted by Crippen LogP contribution is 2.31. The minimum atomic E-state index is 0.00956. The smallest absolute Gasteiger partial charge is 0.253 e. The van der Waals surface area contributed by atoms with Gasteiger partial charge in [0.25, 0.3) is 5.91 Å². The monoisotopic (exact) mass is 498 g/mol. The van der Waals surface area contributed by atoms with E-state index >= 15 is 0 Å². The van der Waals surface area contributed by atoms with E-state index in [4.69, 9.17) is 20.4 Å². The van der Waals surface area contributed by atoms with Crippen molar-refractivity contribution in [3.63, 3.8) is 0 Å². The molecule has 6 rings (SSSR count). The van der Waals surface area contributed by atoms with Crippen LogP contribution in [0.25, 0.3) is 34.0 Å². The molecule has 7 nitrogen and oxygen atoms in total. The summed E-state index contributed by atoms with van der Waals surface area (Å²) < 4.78 is 11.8. The number of amides is 1. The molecule has 1 amide bonds. The number of hydrogen-bond donors (Lipinski definition) is 0. The predicted octanol–water partition coefficient (Wildman–Crippen LogP) is 6.53. The van der Waals surface area contributed by atoms with Crippen LogP contribution >= 0.6 is 11.6 Å². The van der Waals surface area contributed by atoms with Crippen molar-refractivity contribution >= 4 is 28.6 Å². The van der Waals surface area contributed by atoms with Gasteiger partial charge in [0.2, 0.25) is 11.8 Å². The van der Waals surface area contributed by atoms with Gasteiger partial charge in [-0.25, -0.2) is 4.98 Å². The quantitative estimate of drug-likeness (QED) is 0.280. The van der Waals surface area contributed by atoms with Crippen LogP contribution in [0, 0.1) is 6.92 Å². The van der Waals surface area contributed by atoms with Crippen LogP contribution in [0.3, 0.4) is 0 Å². The summed E-state index contributed by atoms with van der Waals surface area (Å²) in [5.74, 6) is 1.80. The normalized spacial score (nSPS) is 14.4. The summed E-state index contributed by atoms with van der Waals surface area (Å²) in [5.41, 5.74) is 4.91. The lowest BCUT2D eigenvalue weighted by Gasteiger charge is -2.30. The molecule has 0 atom stereocenters. The van der Waals surface area contributed by atoms with Crippen LogP contribution in [-0.2, 0) is 0 Å². The number of oxazole rings is 1. The Morgan fingerprint density at radius 3 is 2.42 bits per heavy atom. The van der Waals surface area contributed by atoms with Gasteiger partial charge in [-0.1, -0.05) is 29.3 Å². The SMILES string of the molecule is Cc1cccc(-c2nnc(-c3ccc(C(=O)N4CCC(c5nc6cc(Cl)ccc6o5)CC4)cc3)o2)c1. The van der Waals surface area contributed by atoms with Gasteiger partial charge in [0.05, 0.1) is 0 Å². The highest BCUT2D eigenvalue weighted by molar-refractivity contribution is 6.31. The topological polar surface area (TPSA) is 85.3 Å². The van der Waals surface area contributed by atoms with Crippen LogP contribution in [0.2, 0.25) is 5.02 Å². The van der Waals surface area contributed by atoms with Crippen molar-refractivity contribution in [1.29, 1.82) is 0 Å². The average molecular weight is 499 g/mol. The lowest BCUT2D eigenvalue weighted by molar-refractivity contribution is 0.0706. The van der Waals surface area contributed by atoms with E-state index in [9.17, 15) is 4.79 Å². The first-order valence-electron chi connectivity index (χ1n) is 11.9. The molecular formula is C28H23ClN4O3. The lowest BCUT2D eigenvalue weighted by atomic mass is 9.96. The summed E-state index contributed by atoms with van der Waals surface area (Å²) in [6.45, 7) is 3.31. The molecule has 1 aliphatic heterocycles. The number of hydrogen-bond acceptors (Lipinski definition) is 6. The lowest BCUT2D eigenvalue weighted by Crippen LogP contribution is -2.37. The number of rotatable bonds is 4. The molecule has 0 N–H and O–H groups in total. The number of piperidine rings is 1. The van der Waals surface area contributed by atoms with Crippen LogP contribution in [0.4, 0.5) is 0 Å². The van der Waals surface area contributed by atoms with E-state index in [1.165, 1.54) is 0 Å². The molecule has 0 spiro atoms. The van der Waals surface area contributed by atoms with Crippen molar-refractivity contribution in [2.24, 2.45) is 0 Å². The first kappa shape index (κ1) is 22.5. The van der Waals surface area contributed by atoms with Crippen LogP contribution in [0.15, 0.2) is 75.6 Å². The maximum Gasteiger partial charge on any atom is 0.253 e. The van der Waals surface area contributed by atoms with Crippen molar-refractivity contribution in [2.45, 2.75) is 25.7 Å². The largest absolute Gasteiger partial charge is 0.440 e. The van der Waals surface area contributed by atoms with Gasteiger partial charge in [0.1, 0.15) is 5.52 Å². The third-order valence-electron chi connectivity index (χ3n) is 6.57. The fraction of sp³-hybridized carbons (Fsp3) is 0.214. The number of halogens is 1. The van der Waals surface area contributed by atoms with E-state index in [0.29, 0.717) is 41.3 Å². The molecule has 36 heavy (non-hydrogen) atoms. The van der Waals surface area contributed by atoms with E-state index in [0.717, 1.165) is 40.6 Å². The number of fused-ring (bicyclic) bond motifs is 1. The second-order valence-corrected chi connectivity index (χ2v) is 9.53. The molecule has 0 saturated carbocycles. The van der Waals surface area contributed by atoms with Crippen LogP contribution < -0.4 is 0 Å². The van der Waals surface area contributed by atoms with Gasteiger partial charge < -0.3 is 13.7 Å². The summed E-state index contributed by atoms with van der Waals surface area (Å²) in [5, 5.41) is 8.99. The summed E-state index contributed by atoms with van der Waals surface area (Å²) in [7, 11) is 0. The second-order valence-electron chi connectivity index (χ2n) is 9.09. The summed E-state index contributed by atoms with van der Waals surface area (Å²) >= 11 is 6.06. The number of likely N-dealkylation sites (tertiary alicyclic amines) is 1. The van der Waals surface area contributed by atoms with E-state index < -0.39 is 0 Å². The average Bonchev–Trinajstić information content (AvgIpc) is 3.56. The zero-order valence-corrected chi connectivity index (χ0v) is 20.4. The van der Waals surface area contributed by atoms with Gasteiger partial charge in [-0.05, 0) is 74.4 Å². The number of carbonyl (C=O) groups is 1. The Morgan fingerprint density at radius 1 is 0.917 bits per heavy atom. The number of aryl methyl sites for hydroxylation is 1. The van der Waals surface area contributed by atoms with Crippen molar-refractivity contribution in [3.8, 4) is 22.9 Å². The van der Waals surface area contributed by atoms with Crippen molar-refractivity contribution in [3.05, 3.63) is 88.8 Å². The Kier molecular flexibility index (Phi) is 5.77.